The Labute approximate surface area is 770 Å². The molecule has 0 unspecified atom stereocenters. The molecule has 1 aliphatic carbocycles. The van der Waals surface area contributed by atoms with Gasteiger partial charge in [-0.15, -0.1) is 0 Å². The largest absolute Gasteiger partial charge is 0.453 e. The Kier molecular flexibility index (Phi) is 19.3. The van der Waals surface area contributed by atoms with Gasteiger partial charge in [-0.25, -0.2) is 0 Å². The first-order valence-electron chi connectivity index (χ1n) is 47.0. The Hall–Kier alpha value is -13.2. The van der Waals surface area contributed by atoms with Crippen LogP contribution < -0.4 is 26.2 Å². The average Bonchev–Trinajstić information content (AvgIpc) is 1.13. The molecule has 642 valence electrons. The molecular formula is C125H118BN3O. The molecule has 21 rings (SSSR count). The molecule has 0 fully saturated rings. The summed E-state index contributed by atoms with van der Waals surface area (Å²) in [6.07, 6.45) is 0. The summed E-state index contributed by atoms with van der Waals surface area (Å²) in [6.45, 7) is 49.3. The van der Waals surface area contributed by atoms with Gasteiger partial charge in [-0.3, -0.25) is 0 Å². The van der Waals surface area contributed by atoms with E-state index in [1.165, 1.54) is 111 Å². The Balaban J connectivity index is 0.931. The zero-order chi connectivity index (χ0) is 90.6. The lowest BCUT2D eigenvalue weighted by Crippen LogP contribution is -2.61. The average molecular weight is 1690 g/mol. The number of rotatable bonds is 10. The van der Waals surface area contributed by atoms with Crippen LogP contribution >= 0.6 is 0 Å². The fraction of sp³-hybridized carbons (Fsp3) is 0.232. The first-order chi connectivity index (χ1) is 61.9. The van der Waals surface area contributed by atoms with Gasteiger partial charge < -0.3 is 18.8 Å². The predicted molar refractivity (Wildman–Crippen MR) is 557 cm³/mol. The van der Waals surface area contributed by atoms with Gasteiger partial charge in [0.2, 0.25) is 0 Å². The summed E-state index contributed by atoms with van der Waals surface area (Å²) in [5.74, 6) is 0. The van der Waals surface area contributed by atoms with E-state index in [1.807, 2.05) is 0 Å². The molecule has 4 nitrogen and oxygen atoms in total. The molecule has 18 aromatic rings. The van der Waals surface area contributed by atoms with Gasteiger partial charge in [0.05, 0.1) is 33.5 Å². The van der Waals surface area contributed by atoms with Crippen LogP contribution in [0.5, 0.6) is 0 Å². The smallest absolute Gasteiger partial charge is 0.252 e. The first-order valence-corrected chi connectivity index (χ1v) is 47.0. The fourth-order valence-electron chi connectivity index (χ4n) is 21.4. The number of anilines is 6. The van der Waals surface area contributed by atoms with Gasteiger partial charge in [0.1, 0.15) is 5.58 Å². The van der Waals surface area contributed by atoms with E-state index >= 15 is 0 Å². The topological polar surface area (TPSA) is 24.6 Å². The number of para-hydroxylation sites is 2. The summed E-state index contributed by atoms with van der Waals surface area (Å²) in [5.41, 5.74) is 41.3. The van der Waals surface area contributed by atoms with Gasteiger partial charge in [0.25, 0.3) is 6.71 Å². The van der Waals surface area contributed by atoms with E-state index in [0.29, 0.717) is 0 Å². The minimum absolute atomic E-state index is 0.128. The molecule has 0 spiro atoms. The molecule has 2 aliphatic heterocycles. The first kappa shape index (κ1) is 83.7. The lowest BCUT2D eigenvalue weighted by atomic mass is 9.33. The SMILES string of the molecule is CC(C)(C)c1cc(-c2ccc3c(c2)N(c2c(-c4ccccc4)cc(C(C)(C)C)cc2-c2ccccc2)c2cc(-n4c5ccc(C(C)(C)C)cc5c5cc(C(C)(C)C)ccc54)cc4c2B3c2ccc(-c3cc(C(C)(C)C)cc(C(C)(C)C)c3)cc2N4c2cccc3c2oc2c(-c4cccc5c4-c4ccccc4C5(c4ccccc4)c4ccccc4)cccc23)cc(C(C)(C)C)c1. The second kappa shape index (κ2) is 29.9. The van der Waals surface area contributed by atoms with Crippen LogP contribution in [0.3, 0.4) is 0 Å². The lowest BCUT2D eigenvalue weighted by Gasteiger charge is -2.45. The quantitative estimate of drug-likeness (QED) is 0.128. The lowest BCUT2D eigenvalue weighted by molar-refractivity contribution is 0.568. The van der Waals surface area contributed by atoms with Crippen molar-refractivity contribution in [2.75, 3.05) is 9.80 Å². The van der Waals surface area contributed by atoms with Crippen molar-refractivity contribution in [2.24, 2.45) is 0 Å². The van der Waals surface area contributed by atoms with Gasteiger partial charge in [0.15, 0.2) is 5.58 Å². The zero-order valence-electron chi connectivity index (χ0n) is 79.6. The number of hydrogen-bond acceptors (Lipinski definition) is 3. The minimum atomic E-state index is -0.605. The highest BCUT2D eigenvalue weighted by Crippen LogP contribution is 2.61. The van der Waals surface area contributed by atoms with Gasteiger partial charge in [0, 0.05) is 61.0 Å². The molecule has 0 amide bonds. The minimum Gasteiger partial charge on any atom is -0.453 e. The van der Waals surface area contributed by atoms with Crippen molar-refractivity contribution in [3.05, 3.63) is 395 Å². The maximum Gasteiger partial charge on any atom is 0.252 e. The molecule has 0 saturated carbocycles. The van der Waals surface area contributed by atoms with E-state index in [4.69, 9.17) is 4.42 Å². The molecule has 2 aromatic heterocycles. The van der Waals surface area contributed by atoms with E-state index in [-0.39, 0.29) is 44.6 Å². The van der Waals surface area contributed by atoms with Crippen LogP contribution in [0.1, 0.15) is 207 Å². The van der Waals surface area contributed by atoms with Crippen molar-refractivity contribution >= 4 is 101 Å². The van der Waals surface area contributed by atoms with E-state index in [9.17, 15) is 0 Å². The van der Waals surface area contributed by atoms with E-state index < -0.39 is 5.41 Å². The molecule has 5 heteroatoms. The summed E-state index contributed by atoms with van der Waals surface area (Å²) >= 11 is 0. The third-order valence-electron chi connectivity index (χ3n) is 28.7. The van der Waals surface area contributed by atoms with Crippen LogP contribution in [0.15, 0.2) is 338 Å². The van der Waals surface area contributed by atoms with E-state index in [0.717, 1.165) is 117 Å². The van der Waals surface area contributed by atoms with Crippen LogP contribution in [-0.4, -0.2) is 11.3 Å². The number of aromatic nitrogens is 1. The number of benzene rings is 16. The Morgan fingerprint density at radius 2 is 0.638 bits per heavy atom. The monoisotopic (exact) mass is 1690 g/mol. The van der Waals surface area contributed by atoms with Crippen LogP contribution in [0.2, 0.25) is 0 Å². The number of nitrogens with zero attached hydrogens (tertiary/aromatic N) is 3. The number of fused-ring (bicyclic) bond motifs is 13. The summed E-state index contributed by atoms with van der Waals surface area (Å²) in [7, 11) is 0. The Morgan fingerprint density at radius 3 is 1.12 bits per heavy atom. The summed E-state index contributed by atoms with van der Waals surface area (Å²) in [5, 5.41) is 4.55. The second-order valence-electron chi connectivity index (χ2n) is 44.5. The Bertz CT molecular complexity index is 7380. The third kappa shape index (κ3) is 13.7. The van der Waals surface area contributed by atoms with E-state index in [2.05, 4.69) is 493 Å². The molecular weight excluding hydrogens is 1570 g/mol. The highest BCUT2D eigenvalue weighted by atomic mass is 16.3. The summed E-state index contributed by atoms with van der Waals surface area (Å²) in [4.78, 5) is 5.42. The molecule has 0 bridgehead atoms. The van der Waals surface area contributed by atoms with Crippen molar-refractivity contribution in [3.63, 3.8) is 0 Å². The van der Waals surface area contributed by atoms with E-state index in [1.54, 1.807) is 0 Å². The maximum atomic E-state index is 8.21. The van der Waals surface area contributed by atoms with Crippen molar-refractivity contribution in [3.8, 4) is 72.4 Å². The zero-order valence-corrected chi connectivity index (χ0v) is 79.6. The van der Waals surface area contributed by atoms with Crippen molar-refractivity contribution in [1.29, 1.82) is 0 Å². The molecule has 16 aromatic carbocycles. The summed E-state index contributed by atoms with van der Waals surface area (Å²) < 4.78 is 10.8. The molecule has 0 saturated heterocycles. The fourth-order valence-corrected chi connectivity index (χ4v) is 21.4. The van der Waals surface area contributed by atoms with Crippen molar-refractivity contribution in [2.45, 2.75) is 189 Å². The maximum absolute atomic E-state index is 8.21. The molecule has 0 atom stereocenters. The van der Waals surface area contributed by atoms with Gasteiger partial charge in [-0.2, -0.15) is 0 Å². The van der Waals surface area contributed by atoms with Gasteiger partial charge >= 0.3 is 0 Å². The molecule has 0 radical (unpaired) electrons. The standard InChI is InChI=1S/C125H118BN3O/c1-118(2,3)85-57-61-106-100(71-85)101-72-86(119(4,5)6)58-62-107(101)127(106)92-75-111-114-112(76-92)129(115-98(77-39-26-22-27-40-77)73-91(124(19,20)21)74-99(115)78-41-28-23-29-42-78)110-68-80(82-65-89(122(13,14)15)70-90(66-82)123(16,17)18)56-60-105(110)126(114)104-59-55-79(81-63-87(120(7,8)9)69-88(64-81)121(10,11)12)67-109(104)128(111)108-54-38-51-96-95-50-36-49-94(116(95)130-117(96)108)93-48-37-53-103-113(93)97-47-34-35-52-102(97)125(103,83-43-30-24-31-44-83)84-45-32-25-33-46-84/h22-76H,1-21H3. The summed E-state index contributed by atoms with van der Waals surface area (Å²) in [6, 6.07) is 130. The molecule has 0 N–H and O–H groups in total. The van der Waals surface area contributed by atoms with Crippen LogP contribution in [0.25, 0.3) is 116 Å². The van der Waals surface area contributed by atoms with Crippen molar-refractivity contribution in [1.82, 2.24) is 4.57 Å². The van der Waals surface area contributed by atoms with Crippen LogP contribution in [0, 0.1) is 0 Å². The van der Waals surface area contributed by atoms with Crippen LogP contribution in [0.4, 0.5) is 34.1 Å². The van der Waals surface area contributed by atoms with Crippen molar-refractivity contribution < 1.29 is 4.42 Å². The highest BCUT2D eigenvalue weighted by Gasteiger charge is 2.49. The number of furan rings is 1. The predicted octanol–water partition coefficient (Wildman–Crippen LogP) is 32.5. The number of hydrogen-bond donors (Lipinski definition) is 0. The molecule has 3 aliphatic rings. The highest BCUT2D eigenvalue weighted by molar-refractivity contribution is 7.00. The molecule has 130 heavy (non-hydrogen) atoms. The molecule has 4 heterocycles. The van der Waals surface area contributed by atoms with Crippen LogP contribution in [-0.2, 0) is 43.3 Å². The Morgan fingerprint density at radius 1 is 0.246 bits per heavy atom. The van der Waals surface area contributed by atoms with Gasteiger partial charge in [-0.1, -0.05) is 412 Å². The van der Waals surface area contributed by atoms with Gasteiger partial charge in [-0.05, 0) is 232 Å². The third-order valence-corrected chi connectivity index (χ3v) is 28.7. The normalized spacial score (nSPS) is 13.9. The second-order valence-corrected chi connectivity index (χ2v) is 44.5.